The van der Waals surface area contributed by atoms with E-state index in [9.17, 15) is 14.4 Å². The van der Waals surface area contributed by atoms with E-state index in [4.69, 9.17) is 15.2 Å². The Bertz CT molecular complexity index is 1540. The lowest BCUT2D eigenvalue weighted by Crippen LogP contribution is -2.42. The molecule has 0 amide bonds. The highest BCUT2D eigenvalue weighted by Gasteiger charge is 2.39. The number of aromatic nitrogens is 1. The maximum atomic E-state index is 13.5. The molecule has 1 unspecified atom stereocenters. The largest absolute Gasteiger partial charge is 0.463 e. The van der Waals surface area contributed by atoms with E-state index < -0.39 is 23.4 Å². The Morgan fingerprint density at radius 3 is 2.03 bits per heavy atom. The summed E-state index contributed by atoms with van der Waals surface area (Å²) in [5.74, 6) is -2.28. The van der Waals surface area contributed by atoms with E-state index >= 15 is 0 Å². The van der Waals surface area contributed by atoms with Crippen molar-refractivity contribution in [2.75, 3.05) is 13.2 Å². The van der Waals surface area contributed by atoms with Crippen LogP contribution in [-0.2, 0) is 19.1 Å². The van der Waals surface area contributed by atoms with Gasteiger partial charge >= 0.3 is 11.9 Å². The minimum absolute atomic E-state index is 0.0183. The number of benzene rings is 2. The van der Waals surface area contributed by atoms with Gasteiger partial charge in [0.25, 0.3) is 5.56 Å². The van der Waals surface area contributed by atoms with Gasteiger partial charge in [0.2, 0.25) is 0 Å². The molecule has 0 spiro atoms. The lowest BCUT2D eigenvalue weighted by Gasteiger charge is -2.27. The zero-order valence-electron chi connectivity index (χ0n) is 19.4. The molecule has 2 N–H and O–H groups in total. The average molecular weight is 634 g/mol. The number of halogens is 2. The zero-order valence-corrected chi connectivity index (χ0v) is 23.4. The van der Waals surface area contributed by atoms with Crippen LogP contribution in [0.3, 0.4) is 0 Å². The molecule has 4 rings (SSSR count). The fourth-order valence-corrected chi connectivity index (χ4v) is 5.66. The SMILES string of the molecule is CCOC(=O)C1=C(N)n2c(sc(=Cc3ccc(Br)cc3)c2=O)=C(C(=O)OCC)C1c1ccc(Br)cc1. The van der Waals surface area contributed by atoms with Crippen molar-refractivity contribution in [1.82, 2.24) is 4.57 Å². The van der Waals surface area contributed by atoms with Crippen molar-refractivity contribution in [2.24, 2.45) is 5.73 Å². The topological polar surface area (TPSA) is 101 Å². The third-order valence-corrected chi connectivity index (χ3v) is 7.68. The van der Waals surface area contributed by atoms with E-state index in [1.165, 1.54) is 4.57 Å². The molecule has 1 aliphatic rings. The molecule has 1 aromatic heterocycles. The number of nitrogens with zero attached hydrogens (tertiary/aromatic N) is 1. The van der Waals surface area contributed by atoms with Crippen LogP contribution in [0.15, 0.2) is 67.8 Å². The molecule has 7 nitrogen and oxygen atoms in total. The van der Waals surface area contributed by atoms with Gasteiger partial charge in [0.05, 0.1) is 34.8 Å². The highest BCUT2D eigenvalue weighted by atomic mass is 79.9. The van der Waals surface area contributed by atoms with Crippen molar-refractivity contribution >= 4 is 72.6 Å². The van der Waals surface area contributed by atoms with E-state index in [1.54, 1.807) is 44.2 Å². The predicted octanol–water partition coefficient (Wildman–Crippen LogP) is 3.47. The number of nitrogens with two attached hydrogens (primary N) is 1. The third-order valence-electron chi connectivity index (χ3n) is 5.51. The lowest BCUT2D eigenvalue weighted by atomic mass is 9.83. The second-order valence-corrected chi connectivity index (χ2v) is 10.6. The number of fused-ring (bicyclic) bond motifs is 1. The number of ether oxygens (including phenoxy) is 2. The molecule has 0 aliphatic carbocycles. The summed E-state index contributed by atoms with van der Waals surface area (Å²) in [4.78, 5) is 40.1. The summed E-state index contributed by atoms with van der Waals surface area (Å²) in [5.41, 5.74) is 7.67. The summed E-state index contributed by atoms with van der Waals surface area (Å²) in [6.45, 7) is 3.60. The first kappa shape index (κ1) is 26.1. The number of thiazole rings is 1. The van der Waals surface area contributed by atoms with Gasteiger partial charge in [-0.05, 0) is 55.3 Å². The van der Waals surface area contributed by atoms with Crippen LogP contribution in [0, 0.1) is 0 Å². The van der Waals surface area contributed by atoms with E-state index in [1.807, 2.05) is 24.3 Å². The highest BCUT2D eigenvalue weighted by Crippen LogP contribution is 2.38. The smallest absolute Gasteiger partial charge is 0.338 e. The standard InChI is InChI=1S/C26H22Br2N2O5S/c1-3-34-25(32)20-19(15-7-11-17(28)12-8-15)21(26(33)35-4-2)24-30(22(20)29)23(31)18(36-24)13-14-5-9-16(27)10-6-14/h5-13,19H,3-4,29H2,1-2H3. The van der Waals surface area contributed by atoms with Crippen LogP contribution >= 0.6 is 43.2 Å². The molecule has 2 heterocycles. The number of esters is 2. The van der Waals surface area contributed by atoms with E-state index in [0.717, 1.165) is 25.8 Å². The molecule has 0 bridgehead atoms. The molecule has 0 radical (unpaired) electrons. The number of hydrogen-bond acceptors (Lipinski definition) is 7. The average Bonchev–Trinajstić information content (AvgIpc) is 3.17. The lowest BCUT2D eigenvalue weighted by molar-refractivity contribution is -0.138. The van der Waals surface area contributed by atoms with Gasteiger partial charge in [-0.15, -0.1) is 11.3 Å². The van der Waals surface area contributed by atoms with Crippen molar-refractivity contribution in [1.29, 1.82) is 0 Å². The first-order valence-corrected chi connectivity index (χ1v) is 13.5. The molecular weight excluding hydrogens is 612 g/mol. The summed E-state index contributed by atoms with van der Waals surface area (Å²) >= 11 is 7.94. The molecular formula is C26H22Br2N2O5S. The summed E-state index contributed by atoms with van der Waals surface area (Å²) in [5, 5.41) is 0. The molecule has 0 saturated heterocycles. The zero-order chi connectivity index (χ0) is 26.0. The minimum Gasteiger partial charge on any atom is -0.463 e. The van der Waals surface area contributed by atoms with E-state index in [0.29, 0.717) is 14.8 Å². The quantitative estimate of drug-likeness (QED) is 0.418. The van der Waals surface area contributed by atoms with Gasteiger partial charge in [-0.3, -0.25) is 9.36 Å². The van der Waals surface area contributed by atoms with Crippen molar-refractivity contribution in [3.05, 3.63) is 93.7 Å². The summed E-state index contributed by atoms with van der Waals surface area (Å²) in [7, 11) is 0. The molecule has 1 aliphatic heterocycles. The molecule has 186 valence electrons. The molecule has 3 aromatic rings. The Balaban J connectivity index is 2.10. The molecule has 0 saturated carbocycles. The number of hydrogen-bond donors (Lipinski definition) is 1. The van der Waals surface area contributed by atoms with Crippen molar-refractivity contribution in [3.8, 4) is 0 Å². The Morgan fingerprint density at radius 1 is 0.944 bits per heavy atom. The van der Waals surface area contributed by atoms with Gasteiger partial charge in [0, 0.05) is 8.95 Å². The maximum absolute atomic E-state index is 13.5. The van der Waals surface area contributed by atoms with E-state index in [2.05, 4.69) is 31.9 Å². The van der Waals surface area contributed by atoms with Crippen LogP contribution in [0.1, 0.15) is 30.9 Å². The Labute approximate surface area is 227 Å². The maximum Gasteiger partial charge on any atom is 0.338 e. The van der Waals surface area contributed by atoms with Crippen LogP contribution in [0.2, 0.25) is 0 Å². The second-order valence-electron chi connectivity index (χ2n) is 7.75. The van der Waals surface area contributed by atoms with Crippen LogP contribution in [0.4, 0.5) is 0 Å². The molecule has 10 heteroatoms. The van der Waals surface area contributed by atoms with Crippen LogP contribution in [0.5, 0.6) is 0 Å². The number of carbonyl (C=O) groups is 2. The second kappa shape index (κ2) is 11.0. The van der Waals surface area contributed by atoms with Gasteiger partial charge < -0.3 is 15.2 Å². The van der Waals surface area contributed by atoms with Gasteiger partial charge in [-0.25, -0.2) is 9.59 Å². The summed E-state index contributed by atoms with van der Waals surface area (Å²) < 4.78 is 14.3. The fourth-order valence-electron chi connectivity index (χ4n) is 3.96. The molecule has 1 atom stereocenters. The van der Waals surface area contributed by atoms with Gasteiger partial charge in [-0.2, -0.15) is 0 Å². The van der Waals surface area contributed by atoms with E-state index in [-0.39, 0.29) is 30.2 Å². The Kier molecular flexibility index (Phi) is 7.97. The predicted molar refractivity (Wildman–Crippen MR) is 146 cm³/mol. The fraction of sp³-hybridized carbons (Fsp3) is 0.192. The van der Waals surface area contributed by atoms with Crippen LogP contribution < -0.4 is 20.5 Å². The molecule has 36 heavy (non-hydrogen) atoms. The molecule has 0 fully saturated rings. The Hall–Kier alpha value is -2.95. The first-order valence-electron chi connectivity index (χ1n) is 11.1. The minimum atomic E-state index is -0.880. The van der Waals surface area contributed by atoms with Crippen LogP contribution in [-0.4, -0.2) is 29.7 Å². The Morgan fingerprint density at radius 2 is 1.47 bits per heavy atom. The summed E-state index contributed by atoms with van der Waals surface area (Å²) in [6.07, 6.45) is 1.72. The number of carbonyl (C=O) groups excluding carboxylic acids is 2. The van der Waals surface area contributed by atoms with Gasteiger partial charge in [0.15, 0.2) is 0 Å². The third kappa shape index (κ3) is 4.98. The normalized spacial score (nSPS) is 15.6. The summed E-state index contributed by atoms with van der Waals surface area (Å²) in [6, 6.07) is 14.6. The van der Waals surface area contributed by atoms with Gasteiger partial charge in [0.1, 0.15) is 10.5 Å². The first-order chi connectivity index (χ1) is 17.3. The van der Waals surface area contributed by atoms with Crippen molar-refractivity contribution in [3.63, 3.8) is 0 Å². The van der Waals surface area contributed by atoms with Crippen molar-refractivity contribution < 1.29 is 19.1 Å². The van der Waals surface area contributed by atoms with Gasteiger partial charge in [-0.1, -0.05) is 56.1 Å². The van der Waals surface area contributed by atoms with Crippen LogP contribution in [0.25, 0.3) is 17.5 Å². The molecule has 2 aromatic carbocycles. The van der Waals surface area contributed by atoms with Crippen molar-refractivity contribution in [2.45, 2.75) is 19.8 Å². The monoisotopic (exact) mass is 632 g/mol. The number of rotatable bonds is 6. The highest BCUT2D eigenvalue weighted by molar-refractivity contribution is 9.10.